The summed E-state index contributed by atoms with van der Waals surface area (Å²) in [7, 11) is 0. The van der Waals surface area contributed by atoms with Crippen molar-refractivity contribution in [2.75, 3.05) is 5.32 Å². The van der Waals surface area contributed by atoms with Gasteiger partial charge in [0.2, 0.25) is 5.91 Å². The zero-order chi connectivity index (χ0) is 15.4. The van der Waals surface area contributed by atoms with Crippen LogP contribution >= 0.6 is 12.6 Å². The molecule has 2 heterocycles. The molecule has 21 heavy (non-hydrogen) atoms. The van der Waals surface area contributed by atoms with Crippen LogP contribution < -0.4 is 5.32 Å². The van der Waals surface area contributed by atoms with Gasteiger partial charge < -0.3 is 5.32 Å². The zero-order valence-corrected chi connectivity index (χ0v) is 13.3. The fourth-order valence-electron chi connectivity index (χ4n) is 1.83. The SMILES string of the molecule is Cc1nn(-c2cccnc2)cc1NC(=O)CC(S)C(C)C. The first kappa shape index (κ1) is 15.6. The number of rotatable bonds is 5. The van der Waals surface area contributed by atoms with Crippen LogP contribution in [0.5, 0.6) is 0 Å². The summed E-state index contributed by atoms with van der Waals surface area (Å²) in [6.07, 6.45) is 5.62. The molecule has 0 aliphatic heterocycles. The molecular formula is C15H20N4OS. The Labute approximate surface area is 130 Å². The highest BCUT2D eigenvalue weighted by Crippen LogP contribution is 2.18. The number of carbonyl (C=O) groups is 1. The van der Waals surface area contributed by atoms with Gasteiger partial charge in [-0.05, 0) is 25.0 Å². The number of amides is 1. The molecule has 1 unspecified atom stereocenters. The van der Waals surface area contributed by atoms with Crippen molar-refractivity contribution in [1.82, 2.24) is 14.8 Å². The van der Waals surface area contributed by atoms with E-state index in [1.807, 2.05) is 19.1 Å². The Kier molecular flexibility index (Phi) is 5.01. The number of aryl methyl sites for hydroxylation is 1. The number of anilines is 1. The summed E-state index contributed by atoms with van der Waals surface area (Å²) in [5.41, 5.74) is 2.34. The van der Waals surface area contributed by atoms with Gasteiger partial charge in [0.05, 0.1) is 29.5 Å². The Hall–Kier alpha value is -1.82. The van der Waals surface area contributed by atoms with E-state index < -0.39 is 0 Å². The van der Waals surface area contributed by atoms with E-state index in [4.69, 9.17) is 0 Å². The van der Waals surface area contributed by atoms with Crippen molar-refractivity contribution >= 4 is 24.2 Å². The van der Waals surface area contributed by atoms with E-state index in [2.05, 4.69) is 41.9 Å². The van der Waals surface area contributed by atoms with E-state index in [1.54, 1.807) is 23.3 Å². The molecule has 0 saturated heterocycles. The molecule has 0 spiro atoms. The molecule has 1 amide bonds. The number of nitrogens with one attached hydrogen (secondary N) is 1. The lowest BCUT2D eigenvalue weighted by Crippen LogP contribution is -2.20. The molecule has 6 heteroatoms. The number of hydrogen-bond donors (Lipinski definition) is 2. The molecule has 2 aromatic heterocycles. The van der Waals surface area contributed by atoms with Gasteiger partial charge in [-0.15, -0.1) is 0 Å². The third-order valence-corrected chi connectivity index (χ3v) is 4.03. The predicted molar refractivity (Wildman–Crippen MR) is 87.0 cm³/mol. The monoisotopic (exact) mass is 304 g/mol. The maximum atomic E-state index is 12.0. The third-order valence-electron chi connectivity index (χ3n) is 3.25. The van der Waals surface area contributed by atoms with Crippen LogP contribution in [-0.2, 0) is 4.79 Å². The fourth-order valence-corrected chi connectivity index (χ4v) is 2.00. The first-order valence-corrected chi connectivity index (χ1v) is 7.43. The molecule has 112 valence electrons. The maximum absolute atomic E-state index is 12.0. The van der Waals surface area contributed by atoms with Gasteiger partial charge in [-0.1, -0.05) is 13.8 Å². The van der Waals surface area contributed by atoms with E-state index >= 15 is 0 Å². The van der Waals surface area contributed by atoms with Crippen LogP contribution in [0.3, 0.4) is 0 Å². The molecule has 1 N–H and O–H groups in total. The Morgan fingerprint density at radius 3 is 2.86 bits per heavy atom. The van der Waals surface area contributed by atoms with Crippen molar-refractivity contribution in [3.63, 3.8) is 0 Å². The molecule has 0 saturated carbocycles. The van der Waals surface area contributed by atoms with Gasteiger partial charge in [-0.25, -0.2) is 4.68 Å². The second-order valence-corrected chi connectivity index (χ2v) is 6.01. The molecule has 0 radical (unpaired) electrons. The summed E-state index contributed by atoms with van der Waals surface area (Å²) in [6.45, 7) is 5.97. The number of pyridine rings is 1. The fraction of sp³-hybridized carbons (Fsp3) is 0.400. The minimum Gasteiger partial charge on any atom is -0.323 e. The number of thiol groups is 1. The second kappa shape index (κ2) is 6.76. The zero-order valence-electron chi connectivity index (χ0n) is 12.4. The van der Waals surface area contributed by atoms with Gasteiger partial charge in [0.15, 0.2) is 0 Å². The molecule has 2 rings (SSSR count). The van der Waals surface area contributed by atoms with E-state index in [0.717, 1.165) is 11.4 Å². The molecule has 0 aromatic carbocycles. The topological polar surface area (TPSA) is 59.8 Å². The second-order valence-electron chi connectivity index (χ2n) is 5.35. The number of aromatic nitrogens is 3. The quantitative estimate of drug-likeness (QED) is 0.835. The van der Waals surface area contributed by atoms with E-state index in [9.17, 15) is 4.79 Å². The molecule has 2 aromatic rings. The van der Waals surface area contributed by atoms with Gasteiger partial charge in [0.1, 0.15) is 0 Å². The van der Waals surface area contributed by atoms with Gasteiger partial charge in [0, 0.05) is 17.9 Å². The molecule has 5 nitrogen and oxygen atoms in total. The summed E-state index contributed by atoms with van der Waals surface area (Å²) >= 11 is 4.43. The van der Waals surface area contributed by atoms with E-state index in [-0.39, 0.29) is 11.2 Å². The van der Waals surface area contributed by atoms with Crippen molar-refractivity contribution in [2.45, 2.75) is 32.4 Å². The Morgan fingerprint density at radius 2 is 2.24 bits per heavy atom. The largest absolute Gasteiger partial charge is 0.323 e. The van der Waals surface area contributed by atoms with Crippen molar-refractivity contribution in [3.8, 4) is 5.69 Å². The average molecular weight is 304 g/mol. The minimum absolute atomic E-state index is 0.0439. The van der Waals surface area contributed by atoms with E-state index in [0.29, 0.717) is 18.0 Å². The molecule has 0 aliphatic rings. The van der Waals surface area contributed by atoms with E-state index in [1.165, 1.54) is 0 Å². The molecule has 0 aliphatic carbocycles. The van der Waals surface area contributed by atoms with Gasteiger partial charge in [-0.2, -0.15) is 17.7 Å². The van der Waals surface area contributed by atoms with Gasteiger partial charge >= 0.3 is 0 Å². The Balaban J connectivity index is 2.08. The Morgan fingerprint density at radius 1 is 1.48 bits per heavy atom. The number of nitrogens with zero attached hydrogens (tertiary/aromatic N) is 3. The molecule has 0 bridgehead atoms. The lowest BCUT2D eigenvalue weighted by Gasteiger charge is -2.13. The van der Waals surface area contributed by atoms with Crippen molar-refractivity contribution in [1.29, 1.82) is 0 Å². The van der Waals surface area contributed by atoms with Crippen LogP contribution in [0, 0.1) is 12.8 Å². The van der Waals surface area contributed by atoms with Crippen LogP contribution in [-0.4, -0.2) is 25.9 Å². The standard InChI is InChI=1S/C15H20N4OS/c1-10(2)14(21)7-15(20)17-13-9-19(18-11(13)3)12-5-4-6-16-8-12/h4-6,8-10,14,21H,7H2,1-3H3,(H,17,20). The number of carbonyl (C=O) groups excluding carboxylic acids is 1. The lowest BCUT2D eigenvalue weighted by molar-refractivity contribution is -0.116. The van der Waals surface area contributed by atoms with Crippen LogP contribution in [0.2, 0.25) is 0 Å². The summed E-state index contributed by atoms with van der Waals surface area (Å²) in [4.78, 5) is 16.1. The van der Waals surface area contributed by atoms with Gasteiger partial charge in [-0.3, -0.25) is 9.78 Å². The molecule has 1 atom stereocenters. The van der Waals surface area contributed by atoms with Crippen LogP contribution in [0.1, 0.15) is 26.0 Å². The highest BCUT2D eigenvalue weighted by molar-refractivity contribution is 7.81. The Bertz CT molecular complexity index is 609. The van der Waals surface area contributed by atoms with Crippen molar-refractivity contribution < 1.29 is 4.79 Å². The van der Waals surface area contributed by atoms with Crippen LogP contribution in [0.15, 0.2) is 30.7 Å². The first-order valence-electron chi connectivity index (χ1n) is 6.92. The van der Waals surface area contributed by atoms with Crippen LogP contribution in [0.25, 0.3) is 5.69 Å². The van der Waals surface area contributed by atoms with Crippen molar-refractivity contribution in [3.05, 3.63) is 36.4 Å². The summed E-state index contributed by atoms with van der Waals surface area (Å²) < 4.78 is 1.71. The van der Waals surface area contributed by atoms with Crippen molar-refractivity contribution in [2.24, 2.45) is 5.92 Å². The number of hydrogen-bond acceptors (Lipinski definition) is 4. The third kappa shape index (κ3) is 4.07. The highest BCUT2D eigenvalue weighted by Gasteiger charge is 2.15. The first-order chi connectivity index (χ1) is 9.97. The van der Waals surface area contributed by atoms with Gasteiger partial charge in [0.25, 0.3) is 0 Å². The van der Waals surface area contributed by atoms with Crippen LogP contribution in [0.4, 0.5) is 5.69 Å². The maximum Gasteiger partial charge on any atom is 0.225 e. The molecule has 0 fully saturated rings. The highest BCUT2D eigenvalue weighted by atomic mass is 32.1. The predicted octanol–water partition coefficient (Wildman–Crippen LogP) is 2.86. The summed E-state index contributed by atoms with van der Waals surface area (Å²) in [5, 5.41) is 7.34. The molecular weight excluding hydrogens is 284 g/mol. The minimum atomic E-state index is -0.0439. The smallest absolute Gasteiger partial charge is 0.225 e. The normalized spacial score (nSPS) is 12.4. The summed E-state index contributed by atoms with van der Waals surface area (Å²) in [6, 6.07) is 3.76. The lowest BCUT2D eigenvalue weighted by atomic mass is 10.1. The summed E-state index contributed by atoms with van der Waals surface area (Å²) in [5.74, 6) is 0.316. The average Bonchev–Trinajstić information content (AvgIpc) is 2.81.